The van der Waals surface area contributed by atoms with Crippen molar-refractivity contribution < 1.29 is 24.1 Å². The van der Waals surface area contributed by atoms with Gasteiger partial charge in [-0.3, -0.25) is 9.69 Å². The second-order valence-corrected chi connectivity index (χ2v) is 10.8. The number of aliphatic hydroxyl groups is 1. The van der Waals surface area contributed by atoms with Crippen molar-refractivity contribution in [2.45, 2.75) is 75.7 Å². The molecule has 1 saturated heterocycles. The maximum atomic E-state index is 12.8. The van der Waals surface area contributed by atoms with Gasteiger partial charge in [-0.15, -0.1) is 0 Å². The Morgan fingerprint density at radius 1 is 1.26 bits per heavy atom. The van der Waals surface area contributed by atoms with Crippen molar-refractivity contribution in [1.82, 2.24) is 4.90 Å². The van der Waals surface area contributed by atoms with Gasteiger partial charge in [0.15, 0.2) is 0 Å². The molecule has 4 aliphatic rings. The molecular formula is C28H40N2O5. The molecule has 0 aromatic heterocycles. The minimum absolute atomic E-state index is 0.104. The second-order valence-electron chi connectivity index (χ2n) is 10.8. The zero-order valence-electron chi connectivity index (χ0n) is 21.8. The average Bonchev–Trinajstić information content (AvgIpc) is 3.36. The van der Waals surface area contributed by atoms with Crippen molar-refractivity contribution in [2.24, 2.45) is 5.41 Å². The molecule has 6 atom stereocenters. The van der Waals surface area contributed by atoms with E-state index < -0.39 is 17.1 Å². The molecule has 1 aromatic rings. The molecule has 35 heavy (non-hydrogen) atoms. The first-order chi connectivity index (χ1) is 16.8. The van der Waals surface area contributed by atoms with Crippen molar-refractivity contribution in [3.63, 3.8) is 0 Å². The number of unbranched alkanes of at least 4 members (excludes halogenated alkanes) is 1. The Kier molecular flexibility index (Phi) is 6.17. The molecule has 1 N–H and O–H groups in total. The molecule has 1 aromatic carbocycles. The van der Waals surface area contributed by atoms with Crippen LogP contribution >= 0.6 is 0 Å². The Morgan fingerprint density at radius 2 is 2.06 bits per heavy atom. The van der Waals surface area contributed by atoms with Crippen LogP contribution in [-0.2, 0) is 19.7 Å². The number of benzene rings is 1. The van der Waals surface area contributed by atoms with Gasteiger partial charge in [0.05, 0.1) is 19.8 Å². The predicted molar refractivity (Wildman–Crippen MR) is 135 cm³/mol. The molecule has 3 aliphatic heterocycles. The number of nitrogens with zero attached hydrogens (tertiary/aromatic N) is 2. The number of rotatable bonds is 8. The van der Waals surface area contributed by atoms with Gasteiger partial charge in [0.2, 0.25) is 0 Å². The summed E-state index contributed by atoms with van der Waals surface area (Å²) in [5.74, 6) is 0.427. The summed E-state index contributed by atoms with van der Waals surface area (Å²) in [6, 6.07) is 6.11. The largest absolute Gasteiger partial charge is 0.497 e. The third-order valence-corrected chi connectivity index (χ3v) is 9.19. The molecular weight excluding hydrogens is 444 g/mol. The fourth-order valence-electron chi connectivity index (χ4n) is 8.09. The van der Waals surface area contributed by atoms with Crippen LogP contribution in [-0.4, -0.2) is 80.2 Å². The third-order valence-electron chi connectivity index (χ3n) is 9.19. The number of hydrogen-bond donors (Lipinski definition) is 1. The summed E-state index contributed by atoms with van der Waals surface area (Å²) in [7, 11) is 3.74. The Balaban J connectivity index is 1.75. The number of anilines is 1. The first-order valence-electron chi connectivity index (χ1n) is 13.1. The van der Waals surface area contributed by atoms with Crippen LogP contribution in [0.4, 0.5) is 5.69 Å². The molecule has 1 spiro atoms. The lowest BCUT2D eigenvalue weighted by molar-refractivity contribution is -0.233. The molecule has 0 radical (unpaired) electrons. The van der Waals surface area contributed by atoms with Crippen LogP contribution in [0.2, 0.25) is 0 Å². The number of fused-ring (bicyclic) bond motifs is 1. The topological polar surface area (TPSA) is 71.5 Å². The highest BCUT2D eigenvalue weighted by Crippen LogP contribution is 2.67. The molecule has 7 heteroatoms. The number of methoxy groups -OCH3 is 1. The highest BCUT2D eigenvalue weighted by atomic mass is 16.6. The Morgan fingerprint density at radius 3 is 2.74 bits per heavy atom. The standard InChI is InChI=1S/C28H40N2O5/c1-6-8-16-34-18-28(32)24-27(21-11-10-20(33-5)17-22(21)29(24)4)13-15-30-14-9-12-26(7-2,23(27)30)25(28)35-19(3)31/h9-12,17,23-25,32H,6-8,13-16,18H2,1-5H3/t23-,24+,25+,26+,27+,28?/m0/s1. The van der Waals surface area contributed by atoms with Gasteiger partial charge in [-0.25, -0.2) is 0 Å². The van der Waals surface area contributed by atoms with E-state index in [1.165, 1.54) is 12.5 Å². The SMILES string of the molecule is CCCCOCC1(O)[C@H](OC(C)=O)[C@]2(CC)C=CCN3CC[C@@]4(c5ccc(OC)cc5N(C)[C@@H]14)[C@@H]32. The van der Waals surface area contributed by atoms with E-state index in [-0.39, 0.29) is 30.1 Å². The van der Waals surface area contributed by atoms with Gasteiger partial charge in [-0.1, -0.05) is 38.5 Å². The van der Waals surface area contributed by atoms with E-state index in [9.17, 15) is 9.90 Å². The summed E-state index contributed by atoms with van der Waals surface area (Å²) in [6.07, 6.45) is 7.34. The molecule has 1 saturated carbocycles. The Hall–Kier alpha value is -2.09. The van der Waals surface area contributed by atoms with Gasteiger partial charge in [0, 0.05) is 55.7 Å². The van der Waals surface area contributed by atoms with Gasteiger partial charge < -0.3 is 24.2 Å². The Labute approximate surface area is 209 Å². The van der Waals surface area contributed by atoms with Crippen LogP contribution in [0.5, 0.6) is 5.75 Å². The number of hydrogen-bond acceptors (Lipinski definition) is 7. The van der Waals surface area contributed by atoms with Crippen LogP contribution < -0.4 is 9.64 Å². The number of ether oxygens (including phenoxy) is 3. The lowest BCUT2D eigenvalue weighted by Crippen LogP contribution is -2.80. The highest BCUT2D eigenvalue weighted by Gasteiger charge is 2.77. The molecule has 7 nitrogen and oxygen atoms in total. The lowest BCUT2D eigenvalue weighted by atomic mass is 9.48. The third kappa shape index (κ3) is 3.24. The second kappa shape index (κ2) is 8.79. The first kappa shape index (κ1) is 24.6. The van der Waals surface area contributed by atoms with Gasteiger partial charge in [0.1, 0.15) is 17.5 Å². The maximum absolute atomic E-state index is 12.8. The van der Waals surface area contributed by atoms with Crippen LogP contribution in [0.1, 0.15) is 52.0 Å². The molecule has 0 bridgehead atoms. The summed E-state index contributed by atoms with van der Waals surface area (Å²) in [6.45, 7) is 8.22. The zero-order valence-corrected chi connectivity index (χ0v) is 21.8. The molecule has 1 unspecified atom stereocenters. The maximum Gasteiger partial charge on any atom is 0.303 e. The van der Waals surface area contributed by atoms with E-state index in [1.807, 2.05) is 6.07 Å². The fourth-order valence-corrected chi connectivity index (χ4v) is 8.09. The van der Waals surface area contributed by atoms with Crippen molar-refractivity contribution >= 4 is 11.7 Å². The number of carbonyl (C=O) groups excluding carboxylic acids is 1. The first-order valence-corrected chi connectivity index (χ1v) is 13.1. The summed E-state index contributed by atoms with van der Waals surface area (Å²) < 4.78 is 17.9. The van der Waals surface area contributed by atoms with Gasteiger partial charge in [-0.05, 0) is 37.4 Å². The van der Waals surface area contributed by atoms with Crippen molar-refractivity contribution in [3.8, 4) is 5.75 Å². The fraction of sp³-hybridized carbons (Fsp3) is 0.679. The monoisotopic (exact) mass is 484 g/mol. The average molecular weight is 485 g/mol. The highest BCUT2D eigenvalue weighted by molar-refractivity contribution is 5.71. The number of likely N-dealkylation sites (N-methyl/N-ethyl adjacent to an activating group) is 1. The van der Waals surface area contributed by atoms with E-state index in [0.29, 0.717) is 6.61 Å². The summed E-state index contributed by atoms with van der Waals surface area (Å²) >= 11 is 0. The smallest absolute Gasteiger partial charge is 0.303 e. The minimum atomic E-state index is -1.40. The van der Waals surface area contributed by atoms with Crippen LogP contribution in [0.25, 0.3) is 0 Å². The lowest BCUT2D eigenvalue weighted by Gasteiger charge is -2.64. The van der Waals surface area contributed by atoms with Crippen molar-refractivity contribution in [3.05, 3.63) is 35.9 Å². The van der Waals surface area contributed by atoms with Crippen molar-refractivity contribution in [1.29, 1.82) is 0 Å². The van der Waals surface area contributed by atoms with E-state index in [4.69, 9.17) is 14.2 Å². The van der Waals surface area contributed by atoms with Gasteiger partial charge in [-0.2, -0.15) is 0 Å². The summed E-state index contributed by atoms with van der Waals surface area (Å²) in [5.41, 5.74) is 0.0783. The van der Waals surface area contributed by atoms with E-state index in [1.54, 1.807) is 7.11 Å². The normalized spacial score (nSPS) is 37.1. The molecule has 0 amide bonds. The summed E-state index contributed by atoms with van der Waals surface area (Å²) in [5, 5.41) is 12.8. The number of esters is 1. The van der Waals surface area contributed by atoms with Crippen LogP contribution in [0.3, 0.4) is 0 Å². The van der Waals surface area contributed by atoms with Crippen molar-refractivity contribution in [2.75, 3.05) is 45.4 Å². The predicted octanol–water partition coefficient (Wildman–Crippen LogP) is 3.29. The van der Waals surface area contributed by atoms with Crippen LogP contribution in [0, 0.1) is 5.41 Å². The van der Waals surface area contributed by atoms with E-state index in [2.05, 4.69) is 55.0 Å². The number of carbonyl (C=O) groups is 1. The molecule has 192 valence electrons. The summed E-state index contributed by atoms with van der Waals surface area (Å²) in [4.78, 5) is 17.3. The Bertz CT molecular complexity index is 1010. The molecule has 2 fully saturated rings. The molecule has 5 rings (SSSR count). The zero-order chi connectivity index (χ0) is 25.0. The van der Waals surface area contributed by atoms with E-state index >= 15 is 0 Å². The van der Waals surface area contributed by atoms with Gasteiger partial charge in [0.25, 0.3) is 0 Å². The molecule has 3 heterocycles. The van der Waals surface area contributed by atoms with Crippen LogP contribution in [0.15, 0.2) is 30.4 Å². The quantitative estimate of drug-likeness (QED) is 0.345. The van der Waals surface area contributed by atoms with E-state index in [0.717, 1.165) is 50.2 Å². The minimum Gasteiger partial charge on any atom is -0.497 e. The van der Waals surface area contributed by atoms with Gasteiger partial charge >= 0.3 is 5.97 Å². The molecule has 1 aliphatic carbocycles.